The Morgan fingerprint density at radius 1 is 1.23 bits per heavy atom. The van der Waals surface area contributed by atoms with Crippen molar-refractivity contribution in [3.63, 3.8) is 0 Å². The largest absolute Gasteiger partial charge is 0.345 e. The Hall–Kier alpha value is -0.860. The number of Topliss-reactive ketones (excluding diaryl/α,β-unsaturated/α-hetero) is 1. The quantitative estimate of drug-likeness (QED) is 0.565. The Balaban J connectivity index is 1.97. The highest BCUT2D eigenvalue weighted by atomic mass is 16.1. The highest BCUT2D eigenvalue weighted by Gasteiger charge is 2.40. The number of piperidine rings is 1. The van der Waals surface area contributed by atoms with Gasteiger partial charge in [0.25, 0.3) is 0 Å². The maximum absolute atomic E-state index is 11.2. The maximum Gasteiger partial charge on any atom is 0.209 e. The fourth-order valence-electron chi connectivity index (χ4n) is 2.53. The molecule has 0 aromatic rings. The molecule has 0 aromatic carbocycles. The van der Waals surface area contributed by atoms with Crippen LogP contribution in [-0.2, 0) is 9.59 Å². The molecule has 3 nitrogen and oxygen atoms in total. The molecule has 1 aliphatic heterocycles. The SMILES string of the molecule is O=CN1CCC2(CCC(=O)C2)CC1. The second-order valence-electron chi connectivity index (χ2n) is 4.36. The summed E-state index contributed by atoms with van der Waals surface area (Å²) in [6.07, 6.45) is 5.55. The monoisotopic (exact) mass is 181 g/mol. The van der Waals surface area contributed by atoms with Crippen molar-refractivity contribution in [2.75, 3.05) is 13.1 Å². The summed E-state index contributed by atoms with van der Waals surface area (Å²) < 4.78 is 0. The number of hydrogen-bond donors (Lipinski definition) is 0. The molecule has 2 fully saturated rings. The van der Waals surface area contributed by atoms with Crippen molar-refractivity contribution in [2.45, 2.75) is 32.1 Å². The molecule has 1 saturated carbocycles. The molecule has 2 aliphatic rings. The summed E-state index contributed by atoms with van der Waals surface area (Å²) in [5.41, 5.74) is 0.274. The van der Waals surface area contributed by atoms with Gasteiger partial charge < -0.3 is 4.90 Å². The summed E-state index contributed by atoms with van der Waals surface area (Å²) in [7, 11) is 0. The molecular weight excluding hydrogens is 166 g/mol. The van der Waals surface area contributed by atoms with Crippen LogP contribution in [0.2, 0.25) is 0 Å². The molecule has 2 rings (SSSR count). The van der Waals surface area contributed by atoms with Gasteiger partial charge in [0, 0.05) is 25.9 Å². The molecule has 0 N–H and O–H groups in total. The normalized spacial score (nSPS) is 26.8. The molecule has 1 saturated heterocycles. The van der Waals surface area contributed by atoms with Crippen LogP contribution in [-0.4, -0.2) is 30.2 Å². The van der Waals surface area contributed by atoms with Crippen LogP contribution in [0.15, 0.2) is 0 Å². The number of carbonyl (C=O) groups is 2. The van der Waals surface area contributed by atoms with E-state index in [4.69, 9.17) is 0 Å². The molecule has 72 valence electrons. The molecule has 0 unspecified atom stereocenters. The predicted octanol–water partition coefficient (Wildman–Crippen LogP) is 0.978. The van der Waals surface area contributed by atoms with E-state index in [0.29, 0.717) is 5.78 Å². The number of hydrogen-bond acceptors (Lipinski definition) is 2. The van der Waals surface area contributed by atoms with E-state index in [1.165, 1.54) is 0 Å². The van der Waals surface area contributed by atoms with Crippen LogP contribution in [0, 0.1) is 5.41 Å². The third kappa shape index (κ3) is 1.60. The molecule has 0 radical (unpaired) electrons. The first-order chi connectivity index (χ1) is 6.24. The lowest BCUT2D eigenvalue weighted by Crippen LogP contribution is -2.38. The number of ketones is 1. The van der Waals surface area contributed by atoms with Crippen molar-refractivity contribution < 1.29 is 9.59 Å². The first kappa shape index (κ1) is 8.73. The lowest BCUT2D eigenvalue weighted by Gasteiger charge is -2.37. The van der Waals surface area contributed by atoms with E-state index in [9.17, 15) is 9.59 Å². The summed E-state index contributed by atoms with van der Waals surface area (Å²) in [4.78, 5) is 23.5. The van der Waals surface area contributed by atoms with Crippen LogP contribution in [0.5, 0.6) is 0 Å². The molecule has 3 heteroatoms. The van der Waals surface area contributed by atoms with E-state index in [-0.39, 0.29) is 5.41 Å². The zero-order valence-corrected chi connectivity index (χ0v) is 7.79. The molecule has 0 bridgehead atoms. The second kappa shape index (κ2) is 3.13. The second-order valence-corrected chi connectivity index (χ2v) is 4.36. The Morgan fingerprint density at radius 2 is 1.92 bits per heavy atom. The van der Waals surface area contributed by atoms with E-state index in [1.807, 2.05) is 4.90 Å². The van der Waals surface area contributed by atoms with Gasteiger partial charge in [0.05, 0.1) is 0 Å². The lowest BCUT2D eigenvalue weighted by atomic mass is 9.77. The standard InChI is InChI=1S/C10H15NO2/c12-8-11-5-3-10(4-6-11)2-1-9(13)7-10/h8H,1-7H2. The van der Waals surface area contributed by atoms with Gasteiger partial charge in [-0.05, 0) is 24.7 Å². The number of carbonyl (C=O) groups excluding carboxylic acids is 2. The fraction of sp³-hybridized carbons (Fsp3) is 0.800. The molecule has 1 heterocycles. The highest BCUT2D eigenvalue weighted by Crippen LogP contribution is 2.44. The van der Waals surface area contributed by atoms with Crippen molar-refractivity contribution in [1.82, 2.24) is 4.90 Å². The van der Waals surface area contributed by atoms with Crippen LogP contribution in [0.3, 0.4) is 0 Å². The van der Waals surface area contributed by atoms with Gasteiger partial charge in [-0.25, -0.2) is 0 Å². The Morgan fingerprint density at radius 3 is 2.38 bits per heavy atom. The van der Waals surface area contributed by atoms with Crippen molar-refractivity contribution in [3.8, 4) is 0 Å². The summed E-state index contributed by atoms with van der Waals surface area (Å²) >= 11 is 0. The van der Waals surface area contributed by atoms with Crippen LogP contribution < -0.4 is 0 Å². The zero-order chi connectivity index (χ0) is 9.31. The molecule has 1 amide bonds. The minimum atomic E-state index is 0.274. The number of likely N-dealkylation sites (tertiary alicyclic amines) is 1. The Kier molecular flexibility index (Phi) is 2.10. The molecule has 1 spiro atoms. The number of amides is 1. The molecule has 0 atom stereocenters. The third-order valence-corrected chi connectivity index (χ3v) is 3.51. The number of nitrogens with zero attached hydrogens (tertiary/aromatic N) is 1. The zero-order valence-electron chi connectivity index (χ0n) is 7.79. The minimum absolute atomic E-state index is 0.274. The predicted molar refractivity (Wildman–Crippen MR) is 48.2 cm³/mol. The van der Waals surface area contributed by atoms with Gasteiger partial charge in [-0.3, -0.25) is 9.59 Å². The van der Waals surface area contributed by atoms with Gasteiger partial charge in [0.15, 0.2) is 0 Å². The molecule has 0 aromatic heterocycles. The van der Waals surface area contributed by atoms with Gasteiger partial charge in [0.1, 0.15) is 5.78 Å². The first-order valence-electron chi connectivity index (χ1n) is 4.95. The van der Waals surface area contributed by atoms with Crippen LogP contribution in [0.4, 0.5) is 0 Å². The van der Waals surface area contributed by atoms with Gasteiger partial charge >= 0.3 is 0 Å². The van der Waals surface area contributed by atoms with Gasteiger partial charge in [-0.2, -0.15) is 0 Å². The third-order valence-electron chi connectivity index (χ3n) is 3.51. The molecular formula is C10H15NO2. The Labute approximate surface area is 78.1 Å². The van der Waals surface area contributed by atoms with Crippen molar-refractivity contribution in [1.29, 1.82) is 0 Å². The average molecular weight is 181 g/mol. The summed E-state index contributed by atoms with van der Waals surface area (Å²) in [6.45, 7) is 1.69. The van der Waals surface area contributed by atoms with Gasteiger partial charge in [0.2, 0.25) is 6.41 Å². The smallest absolute Gasteiger partial charge is 0.209 e. The van der Waals surface area contributed by atoms with Crippen LogP contribution in [0.1, 0.15) is 32.1 Å². The highest BCUT2D eigenvalue weighted by molar-refractivity contribution is 5.81. The summed E-state index contributed by atoms with van der Waals surface area (Å²) in [6, 6.07) is 0. The van der Waals surface area contributed by atoms with E-state index in [1.54, 1.807) is 0 Å². The first-order valence-corrected chi connectivity index (χ1v) is 4.95. The van der Waals surface area contributed by atoms with Crippen LogP contribution >= 0.6 is 0 Å². The topological polar surface area (TPSA) is 37.4 Å². The molecule has 1 aliphatic carbocycles. The minimum Gasteiger partial charge on any atom is -0.345 e. The number of rotatable bonds is 1. The summed E-state index contributed by atoms with van der Waals surface area (Å²) in [5, 5.41) is 0. The fourth-order valence-corrected chi connectivity index (χ4v) is 2.53. The van der Waals surface area contributed by atoms with E-state index >= 15 is 0 Å². The van der Waals surface area contributed by atoms with Gasteiger partial charge in [-0.15, -0.1) is 0 Å². The van der Waals surface area contributed by atoms with Crippen molar-refractivity contribution >= 4 is 12.2 Å². The van der Waals surface area contributed by atoms with Crippen LogP contribution in [0.25, 0.3) is 0 Å². The molecule has 13 heavy (non-hydrogen) atoms. The maximum atomic E-state index is 11.2. The van der Waals surface area contributed by atoms with E-state index in [2.05, 4.69) is 0 Å². The Bertz CT molecular complexity index is 229. The van der Waals surface area contributed by atoms with E-state index in [0.717, 1.165) is 51.6 Å². The van der Waals surface area contributed by atoms with E-state index < -0.39 is 0 Å². The van der Waals surface area contributed by atoms with Crippen molar-refractivity contribution in [2.24, 2.45) is 5.41 Å². The van der Waals surface area contributed by atoms with Crippen molar-refractivity contribution in [3.05, 3.63) is 0 Å². The summed E-state index contributed by atoms with van der Waals surface area (Å²) in [5.74, 6) is 0.416. The van der Waals surface area contributed by atoms with Gasteiger partial charge in [-0.1, -0.05) is 0 Å². The average Bonchev–Trinajstić information content (AvgIpc) is 2.49. The lowest BCUT2D eigenvalue weighted by molar-refractivity contribution is -0.120.